The van der Waals surface area contributed by atoms with Crippen molar-refractivity contribution in [2.24, 2.45) is 0 Å². The van der Waals surface area contributed by atoms with Crippen LogP contribution in [0.4, 0.5) is 15.8 Å². The summed E-state index contributed by atoms with van der Waals surface area (Å²) in [6.45, 7) is 7.23. The van der Waals surface area contributed by atoms with Gasteiger partial charge in [-0.2, -0.15) is 0 Å². The van der Waals surface area contributed by atoms with Gasteiger partial charge in [0.1, 0.15) is 0 Å². The Kier molecular flexibility index (Phi) is 6.09. The van der Waals surface area contributed by atoms with E-state index in [1.807, 2.05) is 13.8 Å². The summed E-state index contributed by atoms with van der Waals surface area (Å²) in [5.74, 6) is -0.454. The Balaban J connectivity index is 3.01. The van der Waals surface area contributed by atoms with Crippen molar-refractivity contribution in [1.29, 1.82) is 0 Å². The molecule has 1 aromatic carbocycles. The van der Waals surface area contributed by atoms with Gasteiger partial charge >= 0.3 is 0 Å². The van der Waals surface area contributed by atoms with Crippen LogP contribution in [0.1, 0.15) is 20.8 Å². The number of carbonyl (C=O) groups is 1. The molecule has 0 aromatic heterocycles. The fourth-order valence-electron chi connectivity index (χ4n) is 1.89. The topological polar surface area (TPSA) is 67.6 Å². The molecule has 0 saturated heterocycles. The number of rotatable bonds is 7. The summed E-state index contributed by atoms with van der Waals surface area (Å²) in [5, 5.41) is 2.72. The largest absolute Gasteiger partial charge is 0.491 e. The smallest absolute Gasteiger partial charge is 0.239 e. The van der Waals surface area contributed by atoms with E-state index in [-0.39, 0.29) is 23.9 Å². The van der Waals surface area contributed by atoms with E-state index in [0.717, 1.165) is 0 Å². The third-order valence-corrected chi connectivity index (χ3v) is 2.81. The summed E-state index contributed by atoms with van der Waals surface area (Å²) >= 11 is 0. The average Bonchev–Trinajstić information content (AvgIpc) is 2.40. The summed E-state index contributed by atoms with van der Waals surface area (Å²) in [7, 11) is 0. The predicted molar refractivity (Wildman–Crippen MR) is 78.6 cm³/mol. The minimum Gasteiger partial charge on any atom is -0.491 e. The van der Waals surface area contributed by atoms with Crippen LogP contribution in [0.3, 0.4) is 0 Å². The monoisotopic (exact) mass is 283 g/mol. The lowest BCUT2D eigenvalue weighted by Gasteiger charge is -2.24. The number of hydrogen-bond acceptors (Lipinski definition) is 4. The fraction of sp³-hybridized carbons (Fsp3) is 0.500. The van der Waals surface area contributed by atoms with Crippen LogP contribution < -0.4 is 20.7 Å². The second-order valence-corrected chi connectivity index (χ2v) is 4.24. The van der Waals surface area contributed by atoms with Gasteiger partial charge in [-0.1, -0.05) is 0 Å². The van der Waals surface area contributed by atoms with Crippen molar-refractivity contribution < 1.29 is 13.9 Å². The molecule has 0 spiro atoms. The third-order valence-electron chi connectivity index (χ3n) is 2.81. The molecule has 1 rings (SSSR count). The van der Waals surface area contributed by atoms with Gasteiger partial charge in [0.25, 0.3) is 0 Å². The Morgan fingerprint density at radius 3 is 2.65 bits per heavy atom. The number of amides is 1. The van der Waals surface area contributed by atoms with Gasteiger partial charge in [-0.15, -0.1) is 0 Å². The zero-order chi connectivity index (χ0) is 15.1. The van der Waals surface area contributed by atoms with E-state index in [2.05, 4.69) is 5.32 Å². The zero-order valence-electron chi connectivity index (χ0n) is 12.2. The summed E-state index contributed by atoms with van der Waals surface area (Å²) in [4.78, 5) is 13.5. The van der Waals surface area contributed by atoms with Crippen molar-refractivity contribution in [3.8, 4) is 5.75 Å². The first-order chi connectivity index (χ1) is 9.53. The fourth-order valence-corrected chi connectivity index (χ4v) is 1.89. The maximum absolute atomic E-state index is 13.7. The SMILES string of the molecule is CCNC(=O)CN(CC)c1cc(OCC)c(F)cc1N. The van der Waals surface area contributed by atoms with Crippen LogP contribution in [0.25, 0.3) is 0 Å². The summed E-state index contributed by atoms with van der Waals surface area (Å²) in [6.07, 6.45) is 0. The van der Waals surface area contributed by atoms with Crippen LogP contribution in [-0.2, 0) is 4.79 Å². The highest BCUT2D eigenvalue weighted by Gasteiger charge is 2.16. The lowest BCUT2D eigenvalue weighted by Crippen LogP contribution is -2.37. The molecule has 5 nitrogen and oxygen atoms in total. The van der Waals surface area contributed by atoms with Crippen LogP contribution >= 0.6 is 0 Å². The molecule has 0 atom stereocenters. The first kappa shape index (κ1) is 16.1. The number of likely N-dealkylation sites (N-methyl/N-ethyl adjacent to an activating group) is 2. The molecule has 0 unspecified atom stereocenters. The van der Waals surface area contributed by atoms with Gasteiger partial charge in [0.05, 0.1) is 24.5 Å². The van der Waals surface area contributed by atoms with E-state index in [4.69, 9.17) is 10.5 Å². The number of halogens is 1. The predicted octanol–water partition coefficient (Wildman–Crippen LogP) is 1.77. The first-order valence-corrected chi connectivity index (χ1v) is 6.76. The van der Waals surface area contributed by atoms with E-state index >= 15 is 0 Å². The quantitative estimate of drug-likeness (QED) is 0.748. The molecule has 0 bridgehead atoms. The van der Waals surface area contributed by atoms with E-state index in [9.17, 15) is 9.18 Å². The molecular formula is C14H22FN3O2. The Morgan fingerprint density at radius 1 is 1.40 bits per heavy atom. The van der Waals surface area contributed by atoms with Gasteiger partial charge < -0.3 is 20.7 Å². The molecule has 0 aliphatic carbocycles. The van der Waals surface area contributed by atoms with Crippen LogP contribution in [0.2, 0.25) is 0 Å². The summed E-state index contributed by atoms with van der Waals surface area (Å²) in [5.41, 5.74) is 6.73. The Hall–Kier alpha value is -1.98. The molecule has 0 saturated carbocycles. The molecule has 20 heavy (non-hydrogen) atoms. The molecule has 0 fully saturated rings. The van der Waals surface area contributed by atoms with E-state index in [0.29, 0.717) is 25.4 Å². The molecule has 0 radical (unpaired) electrons. The number of ether oxygens (including phenoxy) is 1. The molecule has 6 heteroatoms. The van der Waals surface area contributed by atoms with Crippen molar-refractivity contribution >= 4 is 17.3 Å². The molecule has 112 valence electrons. The maximum Gasteiger partial charge on any atom is 0.239 e. The highest BCUT2D eigenvalue weighted by Crippen LogP contribution is 2.31. The summed E-state index contributed by atoms with van der Waals surface area (Å²) in [6, 6.07) is 2.76. The standard InChI is InChI=1S/C14H22FN3O2/c1-4-17-14(19)9-18(5-2)12-8-13(20-6-3)10(15)7-11(12)16/h7-8H,4-6,9,16H2,1-3H3,(H,17,19). The lowest BCUT2D eigenvalue weighted by molar-refractivity contribution is -0.119. The highest BCUT2D eigenvalue weighted by molar-refractivity contribution is 5.83. The van der Waals surface area contributed by atoms with Gasteiger partial charge in [-0.25, -0.2) is 4.39 Å². The van der Waals surface area contributed by atoms with Crippen molar-refractivity contribution in [1.82, 2.24) is 5.32 Å². The second kappa shape index (κ2) is 7.57. The number of anilines is 2. The van der Waals surface area contributed by atoms with Crippen molar-refractivity contribution in [2.45, 2.75) is 20.8 Å². The highest BCUT2D eigenvalue weighted by atomic mass is 19.1. The Bertz CT molecular complexity index is 466. The van der Waals surface area contributed by atoms with Crippen molar-refractivity contribution in [3.05, 3.63) is 17.9 Å². The first-order valence-electron chi connectivity index (χ1n) is 6.76. The van der Waals surface area contributed by atoms with Gasteiger partial charge in [0.2, 0.25) is 5.91 Å². The van der Waals surface area contributed by atoms with Crippen molar-refractivity contribution in [2.75, 3.05) is 36.9 Å². The maximum atomic E-state index is 13.7. The van der Waals surface area contributed by atoms with Gasteiger partial charge in [0.15, 0.2) is 11.6 Å². The number of nitrogens with one attached hydrogen (secondary N) is 1. The van der Waals surface area contributed by atoms with Crippen LogP contribution in [0.5, 0.6) is 5.75 Å². The number of nitrogen functional groups attached to an aromatic ring is 1. The van der Waals surface area contributed by atoms with Crippen LogP contribution in [-0.4, -0.2) is 32.1 Å². The number of nitrogens with two attached hydrogens (primary N) is 1. The van der Waals surface area contributed by atoms with Gasteiger partial charge in [0, 0.05) is 25.2 Å². The van der Waals surface area contributed by atoms with Gasteiger partial charge in [-0.05, 0) is 20.8 Å². The molecule has 0 aliphatic heterocycles. The third kappa shape index (κ3) is 4.01. The molecule has 3 N–H and O–H groups in total. The van der Waals surface area contributed by atoms with E-state index in [1.165, 1.54) is 12.1 Å². The van der Waals surface area contributed by atoms with E-state index in [1.54, 1.807) is 11.8 Å². The number of hydrogen-bond donors (Lipinski definition) is 2. The summed E-state index contributed by atoms with van der Waals surface area (Å²) < 4.78 is 18.9. The zero-order valence-corrected chi connectivity index (χ0v) is 12.2. The Morgan fingerprint density at radius 2 is 2.10 bits per heavy atom. The van der Waals surface area contributed by atoms with Crippen molar-refractivity contribution in [3.63, 3.8) is 0 Å². The number of nitrogens with zero attached hydrogens (tertiary/aromatic N) is 1. The molecule has 1 amide bonds. The molecule has 0 heterocycles. The van der Waals surface area contributed by atoms with Crippen LogP contribution in [0, 0.1) is 5.82 Å². The average molecular weight is 283 g/mol. The van der Waals surface area contributed by atoms with Crippen LogP contribution in [0.15, 0.2) is 12.1 Å². The second-order valence-electron chi connectivity index (χ2n) is 4.24. The number of benzene rings is 1. The van der Waals surface area contributed by atoms with E-state index < -0.39 is 5.82 Å². The lowest BCUT2D eigenvalue weighted by atomic mass is 10.2. The van der Waals surface area contributed by atoms with Gasteiger partial charge in [-0.3, -0.25) is 4.79 Å². The molecule has 1 aromatic rings. The molecule has 0 aliphatic rings. The minimum atomic E-state index is -0.498. The number of carbonyl (C=O) groups excluding carboxylic acids is 1. The minimum absolute atomic E-state index is 0.101. The normalized spacial score (nSPS) is 10.2. The molecular weight excluding hydrogens is 261 g/mol. The Labute approximate surface area is 118 Å².